The first-order chi connectivity index (χ1) is 8.16. The average molecular weight is 235 g/mol. The fraction of sp³-hybridized carbons (Fsp3) is 0.308. The van der Waals surface area contributed by atoms with Crippen LogP contribution in [0.5, 0.6) is 0 Å². The molecular weight excluding hydrogens is 221 g/mol. The molecule has 1 aliphatic heterocycles. The van der Waals surface area contributed by atoms with E-state index >= 15 is 0 Å². The highest BCUT2D eigenvalue weighted by Gasteiger charge is 2.16. The Balaban J connectivity index is 2.19. The largest absolute Gasteiger partial charge is 0.478 e. The molecule has 0 aliphatic carbocycles. The Morgan fingerprint density at radius 3 is 2.94 bits per heavy atom. The van der Waals surface area contributed by atoms with Crippen molar-refractivity contribution in [3.63, 3.8) is 0 Å². The Bertz CT molecular complexity index is 451. The third-order valence-electron chi connectivity index (χ3n) is 2.89. The van der Waals surface area contributed by atoms with E-state index in [4.69, 9.17) is 5.11 Å². The summed E-state index contributed by atoms with van der Waals surface area (Å²) in [6.07, 6.45) is 4.33. The summed E-state index contributed by atoms with van der Waals surface area (Å²) in [5.74, 6) is -1.46. The number of rotatable bonds is 3. The minimum absolute atomic E-state index is 0.224. The van der Waals surface area contributed by atoms with Gasteiger partial charge in [-0.1, -0.05) is 12.1 Å². The Morgan fingerprint density at radius 1 is 1.53 bits per heavy atom. The zero-order chi connectivity index (χ0) is 12.3. The van der Waals surface area contributed by atoms with Crippen LogP contribution in [-0.4, -0.2) is 17.6 Å². The highest BCUT2D eigenvalue weighted by atomic mass is 19.1. The minimum atomic E-state index is -1.08. The predicted octanol–water partition coefficient (Wildman–Crippen LogP) is 2.35. The number of nitrogens with one attached hydrogen (secondary N) is 1. The molecule has 0 radical (unpaired) electrons. The second kappa shape index (κ2) is 5.10. The van der Waals surface area contributed by atoms with Crippen molar-refractivity contribution in [2.24, 2.45) is 0 Å². The third kappa shape index (κ3) is 2.91. The van der Waals surface area contributed by atoms with E-state index in [0.29, 0.717) is 5.56 Å². The fourth-order valence-corrected chi connectivity index (χ4v) is 2.03. The summed E-state index contributed by atoms with van der Waals surface area (Å²) in [4.78, 5) is 10.3. The Labute approximate surface area is 99.0 Å². The van der Waals surface area contributed by atoms with Crippen LogP contribution in [0, 0.1) is 5.82 Å². The second-order valence-electron chi connectivity index (χ2n) is 4.10. The van der Waals surface area contributed by atoms with Crippen LogP contribution in [0.25, 0.3) is 6.08 Å². The zero-order valence-corrected chi connectivity index (χ0v) is 9.32. The van der Waals surface area contributed by atoms with Crippen LogP contribution in [0.1, 0.15) is 30.0 Å². The Hall–Kier alpha value is -1.68. The van der Waals surface area contributed by atoms with Crippen LogP contribution in [0.2, 0.25) is 0 Å². The van der Waals surface area contributed by atoms with Gasteiger partial charge < -0.3 is 10.4 Å². The summed E-state index contributed by atoms with van der Waals surface area (Å²) < 4.78 is 13.7. The van der Waals surface area contributed by atoms with Gasteiger partial charge in [0.15, 0.2) is 0 Å². The van der Waals surface area contributed by atoms with Gasteiger partial charge in [0.1, 0.15) is 5.82 Å². The van der Waals surface area contributed by atoms with Gasteiger partial charge in [0.05, 0.1) is 0 Å². The van der Waals surface area contributed by atoms with E-state index in [-0.39, 0.29) is 11.9 Å². The third-order valence-corrected chi connectivity index (χ3v) is 2.89. The summed E-state index contributed by atoms with van der Waals surface area (Å²) in [6.45, 7) is 0.965. The van der Waals surface area contributed by atoms with Gasteiger partial charge in [0, 0.05) is 17.7 Å². The van der Waals surface area contributed by atoms with E-state index in [1.165, 1.54) is 12.1 Å². The summed E-state index contributed by atoms with van der Waals surface area (Å²) in [5.41, 5.74) is 1.22. The molecule has 1 aromatic carbocycles. The van der Waals surface area contributed by atoms with Gasteiger partial charge in [-0.15, -0.1) is 0 Å². The first kappa shape index (κ1) is 11.8. The number of hydrogen-bond donors (Lipinski definition) is 2. The SMILES string of the molecule is O=C(O)/C=C/c1ccc([C@H]2CCCN2)cc1F. The quantitative estimate of drug-likeness (QED) is 0.791. The van der Waals surface area contributed by atoms with E-state index in [1.807, 2.05) is 6.07 Å². The van der Waals surface area contributed by atoms with E-state index in [2.05, 4.69) is 5.32 Å². The van der Waals surface area contributed by atoms with Crippen molar-refractivity contribution in [2.45, 2.75) is 18.9 Å². The van der Waals surface area contributed by atoms with Crippen molar-refractivity contribution in [3.05, 3.63) is 41.2 Å². The molecule has 90 valence electrons. The summed E-state index contributed by atoms with van der Waals surface area (Å²) in [7, 11) is 0. The lowest BCUT2D eigenvalue weighted by molar-refractivity contribution is -0.131. The minimum Gasteiger partial charge on any atom is -0.478 e. The molecule has 3 nitrogen and oxygen atoms in total. The molecule has 0 spiro atoms. The predicted molar refractivity (Wildman–Crippen MR) is 63.0 cm³/mol. The molecular formula is C13H14FNO2. The number of carbonyl (C=O) groups is 1. The monoisotopic (exact) mass is 235 g/mol. The molecule has 1 saturated heterocycles. The molecule has 0 aromatic heterocycles. The van der Waals surface area contributed by atoms with Crippen LogP contribution in [-0.2, 0) is 4.79 Å². The molecule has 17 heavy (non-hydrogen) atoms. The first-order valence-electron chi connectivity index (χ1n) is 5.60. The van der Waals surface area contributed by atoms with Gasteiger partial charge in [-0.3, -0.25) is 0 Å². The molecule has 1 heterocycles. The van der Waals surface area contributed by atoms with Crippen molar-refractivity contribution in [1.82, 2.24) is 5.32 Å². The maximum Gasteiger partial charge on any atom is 0.328 e. The van der Waals surface area contributed by atoms with Crippen molar-refractivity contribution in [1.29, 1.82) is 0 Å². The summed E-state index contributed by atoms with van der Waals surface area (Å²) in [6, 6.07) is 5.16. The lowest BCUT2D eigenvalue weighted by Gasteiger charge is -2.11. The molecule has 2 rings (SSSR count). The Kier molecular flexibility index (Phi) is 3.54. The van der Waals surface area contributed by atoms with Crippen LogP contribution in [0.15, 0.2) is 24.3 Å². The number of carboxylic acid groups (broad SMARTS) is 1. The average Bonchev–Trinajstić information content (AvgIpc) is 2.80. The van der Waals surface area contributed by atoms with Gasteiger partial charge in [0.2, 0.25) is 0 Å². The number of carboxylic acids is 1. The smallest absolute Gasteiger partial charge is 0.328 e. The second-order valence-corrected chi connectivity index (χ2v) is 4.10. The highest BCUT2D eigenvalue weighted by molar-refractivity contribution is 5.85. The lowest BCUT2D eigenvalue weighted by atomic mass is 10.0. The van der Waals surface area contributed by atoms with Crippen LogP contribution < -0.4 is 5.32 Å². The standard InChI is InChI=1S/C13H14FNO2/c14-11-8-10(12-2-1-7-15-12)4-3-9(11)5-6-13(16)17/h3-6,8,12,15H,1-2,7H2,(H,16,17)/b6-5+/t12-/m1/s1. The molecule has 1 atom stereocenters. The zero-order valence-electron chi connectivity index (χ0n) is 9.32. The van der Waals surface area contributed by atoms with E-state index in [1.54, 1.807) is 6.07 Å². The van der Waals surface area contributed by atoms with Crippen molar-refractivity contribution in [3.8, 4) is 0 Å². The first-order valence-corrected chi connectivity index (χ1v) is 5.60. The van der Waals surface area contributed by atoms with Crippen molar-refractivity contribution < 1.29 is 14.3 Å². The molecule has 0 amide bonds. The molecule has 1 fully saturated rings. The van der Waals surface area contributed by atoms with Gasteiger partial charge in [0.25, 0.3) is 0 Å². The molecule has 1 aliphatic rings. The van der Waals surface area contributed by atoms with Crippen LogP contribution in [0.4, 0.5) is 4.39 Å². The molecule has 0 unspecified atom stereocenters. The maximum atomic E-state index is 13.7. The van der Waals surface area contributed by atoms with Gasteiger partial charge in [-0.25, -0.2) is 9.18 Å². The Morgan fingerprint density at radius 2 is 2.35 bits per heavy atom. The van der Waals surface area contributed by atoms with E-state index < -0.39 is 5.97 Å². The number of halogens is 1. The van der Waals surface area contributed by atoms with E-state index in [0.717, 1.165) is 31.0 Å². The number of benzene rings is 1. The molecule has 0 saturated carbocycles. The molecule has 0 bridgehead atoms. The van der Waals surface area contributed by atoms with Crippen LogP contribution in [0.3, 0.4) is 0 Å². The molecule has 2 N–H and O–H groups in total. The van der Waals surface area contributed by atoms with Gasteiger partial charge in [-0.05, 0) is 37.1 Å². The summed E-state index contributed by atoms with van der Waals surface area (Å²) in [5, 5.41) is 11.8. The fourth-order valence-electron chi connectivity index (χ4n) is 2.03. The number of aliphatic carboxylic acids is 1. The normalized spacial score (nSPS) is 19.9. The van der Waals surface area contributed by atoms with Gasteiger partial charge >= 0.3 is 5.97 Å². The van der Waals surface area contributed by atoms with Crippen LogP contribution >= 0.6 is 0 Å². The summed E-state index contributed by atoms with van der Waals surface area (Å²) >= 11 is 0. The highest BCUT2D eigenvalue weighted by Crippen LogP contribution is 2.24. The molecule has 1 aromatic rings. The molecule has 4 heteroatoms. The number of hydrogen-bond acceptors (Lipinski definition) is 2. The van der Waals surface area contributed by atoms with E-state index in [9.17, 15) is 9.18 Å². The van der Waals surface area contributed by atoms with Crippen molar-refractivity contribution in [2.75, 3.05) is 6.54 Å². The lowest BCUT2D eigenvalue weighted by Crippen LogP contribution is -2.13. The maximum absolute atomic E-state index is 13.7. The van der Waals surface area contributed by atoms with Crippen molar-refractivity contribution >= 4 is 12.0 Å². The van der Waals surface area contributed by atoms with Gasteiger partial charge in [-0.2, -0.15) is 0 Å². The topological polar surface area (TPSA) is 49.3 Å².